The molecule has 0 saturated carbocycles. The Balaban J connectivity index is 1.56. The standard InChI is InChI=1S/C29H36O4/c1-3-29(4-2,20-8-6-5-7-9-20)28-11-19(10-21-15-30-21)25(12-22-16-31-22)26(13-23-17-32-23)27(28)14-24-18-33-24/h5-9,11,21-24H,3-4,10,12-18H2,1-2H3. The Bertz CT molecular complexity index is 980. The van der Waals surface area contributed by atoms with Crippen LogP contribution in [0, 0.1) is 0 Å². The van der Waals surface area contributed by atoms with Crippen molar-refractivity contribution in [2.45, 2.75) is 82.2 Å². The van der Waals surface area contributed by atoms with Gasteiger partial charge in [0.2, 0.25) is 0 Å². The highest BCUT2D eigenvalue weighted by molar-refractivity contribution is 5.54. The minimum Gasteiger partial charge on any atom is -0.373 e. The van der Waals surface area contributed by atoms with E-state index < -0.39 is 0 Å². The lowest BCUT2D eigenvalue weighted by Crippen LogP contribution is -2.30. The number of hydrogen-bond donors (Lipinski definition) is 0. The van der Waals surface area contributed by atoms with Crippen molar-refractivity contribution in [2.75, 3.05) is 26.4 Å². The monoisotopic (exact) mass is 448 g/mol. The van der Waals surface area contributed by atoms with Crippen molar-refractivity contribution >= 4 is 0 Å². The molecule has 33 heavy (non-hydrogen) atoms. The molecule has 0 amide bonds. The Hall–Kier alpha value is -1.72. The molecule has 4 unspecified atom stereocenters. The number of epoxide rings is 4. The molecule has 4 atom stereocenters. The zero-order valence-corrected chi connectivity index (χ0v) is 20.0. The first-order chi connectivity index (χ1) is 16.2. The molecule has 0 radical (unpaired) electrons. The lowest BCUT2D eigenvalue weighted by molar-refractivity contribution is 0.392. The summed E-state index contributed by atoms with van der Waals surface area (Å²) in [7, 11) is 0. The lowest BCUT2D eigenvalue weighted by atomic mass is 9.66. The molecule has 4 aliphatic heterocycles. The van der Waals surface area contributed by atoms with Gasteiger partial charge in [-0.15, -0.1) is 0 Å². The van der Waals surface area contributed by atoms with Crippen molar-refractivity contribution in [3.05, 3.63) is 69.8 Å². The normalized spacial score (nSPS) is 27.5. The SMILES string of the molecule is CCC(CC)(c1ccccc1)c1cc(CC2CO2)c(CC2CO2)c(CC2CO2)c1CC1CO1. The first-order valence-electron chi connectivity index (χ1n) is 12.9. The number of ether oxygens (including phenoxy) is 4. The van der Waals surface area contributed by atoms with Crippen molar-refractivity contribution in [1.29, 1.82) is 0 Å². The molecule has 4 fully saturated rings. The first kappa shape index (κ1) is 21.8. The predicted octanol–water partition coefficient (Wildman–Crippen LogP) is 4.56. The van der Waals surface area contributed by atoms with Gasteiger partial charge in [0.15, 0.2) is 0 Å². The summed E-state index contributed by atoms with van der Waals surface area (Å²) in [6.45, 7) is 8.25. The second-order valence-electron chi connectivity index (χ2n) is 10.3. The topological polar surface area (TPSA) is 50.1 Å². The zero-order valence-electron chi connectivity index (χ0n) is 20.0. The third-order valence-electron chi connectivity index (χ3n) is 8.16. The van der Waals surface area contributed by atoms with Gasteiger partial charge in [0.05, 0.1) is 50.8 Å². The van der Waals surface area contributed by atoms with E-state index in [9.17, 15) is 0 Å². The highest BCUT2D eigenvalue weighted by Crippen LogP contribution is 2.45. The number of hydrogen-bond acceptors (Lipinski definition) is 4. The van der Waals surface area contributed by atoms with Crippen LogP contribution >= 0.6 is 0 Å². The minimum atomic E-state index is -0.00158. The highest BCUT2D eigenvalue weighted by Gasteiger charge is 2.40. The van der Waals surface area contributed by atoms with Crippen LogP contribution in [0.4, 0.5) is 0 Å². The molecule has 2 aromatic carbocycles. The molecule has 4 nitrogen and oxygen atoms in total. The Morgan fingerprint density at radius 1 is 0.667 bits per heavy atom. The highest BCUT2D eigenvalue weighted by atomic mass is 16.6. The number of rotatable bonds is 12. The molecule has 4 heteroatoms. The molecule has 0 spiro atoms. The number of benzene rings is 2. The fourth-order valence-electron chi connectivity index (χ4n) is 5.85. The van der Waals surface area contributed by atoms with Crippen LogP contribution in [0.15, 0.2) is 36.4 Å². The maximum Gasteiger partial charge on any atom is 0.0850 e. The Labute approximate surface area is 197 Å². The van der Waals surface area contributed by atoms with Crippen LogP contribution in [0.1, 0.15) is 60.1 Å². The molecule has 4 aliphatic rings. The molecular weight excluding hydrogens is 412 g/mol. The summed E-state index contributed by atoms with van der Waals surface area (Å²) in [5.41, 5.74) is 8.97. The molecule has 0 aliphatic carbocycles. The maximum absolute atomic E-state index is 5.79. The van der Waals surface area contributed by atoms with Crippen molar-refractivity contribution in [3.63, 3.8) is 0 Å². The molecule has 4 saturated heterocycles. The summed E-state index contributed by atoms with van der Waals surface area (Å²) in [5.74, 6) is 0. The van der Waals surface area contributed by atoms with Gasteiger partial charge in [0, 0.05) is 31.1 Å². The van der Waals surface area contributed by atoms with Gasteiger partial charge in [-0.05, 0) is 46.2 Å². The molecule has 0 bridgehead atoms. The van der Waals surface area contributed by atoms with Gasteiger partial charge in [-0.3, -0.25) is 0 Å². The van der Waals surface area contributed by atoms with Crippen LogP contribution in [0.2, 0.25) is 0 Å². The Kier molecular flexibility index (Phi) is 5.82. The van der Waals surface area contributed by atoms with Crippen LogP contribution in [-0.4, -0.2) is 50.8 Å². The average molecular weight is 449 g/mol. The van der Waals surface area contributed by atoms with Crippen LogP contribution in [0.5, 0.6) is 0 Å². The molecule has 0 N–H and O–H groups in total. The summed E-state index contributed by atoms with van der Waals surface area (Å²) in [6, 6.07) is 13.7. The largest absolute Gasteiger partial charge is 0.373 e. The van der Waals surface area contributed by atoms with Crippen molar-refractivity contribution < 1.29 is 18.9 Å². The van der Waals surface area contributed by atoms with Crippen molar-refractivity contribution in [1.82, 2.24) is 0 Å². The van der Waals surface area contributed by atoms with E-state index in [-0.39, 0.29) is 5.41 Å². The second-order valence-corrected chi connectivity index (χ2v) is 10.3. The van der Waals surface area contributed by atoms with Gasteiger partial charge in [-0.25, -0.2) is 0 Å². The van der Waals surface area contributed by atoms with Crippen LogP contribution in [0.25, 0.3) is 0 Å². The average Bonchev–Trinajstić information content (AvgIpc) is 3.65. The van der Waals surface area contributed by atoms with E-state index >= 15 is 0 Å². The predicted molar refractivity (Wildman–Crippen MR) is 128 cm³/mol. The summed E-state index contributed by atoms with van der Waals surface area (Å²) in [5, 5.41) is 0. The third kappa shape index (κ3) is 4.64. The molecule has 6 rings (SSSR count). The third-order valence-corrected chi connectivity index (χ3v) is 8.16. The molecule has 2 aromatic rings. The van der Waals surface area contributed by atoms with Gasteiger partial charge in [-0.1, -0.05) is 50.2 Å². The van der Waals surface area contributed by atoms with Crippen LogP contribution in [-0.2, 0) is 50.0 Å². The van der Waals surface area contributed by atoms with Gasteiger partial charge < -0.3 is 18.9 Å². The quantitative estimate of drug-likeness (QED) is 0.447. The van der Waals surface area contributed by atoms with E-state index in [1.165, 1.54) is 33.4 Å². The molecule has 4 heterocycles. The molecular formula is C29H36O4. The summed E-state index contributed by atoms with van der Waals surface area (Å²) >= 11 is 0. The summed E-state index contributed by atoms with van der Waals surface area (Å²) in [6.07, 6.45) is 7.64. The second kappa shape index (κ2) is 8.81. The Morgan fingerprint density at radius 3 is 1.67 bits per heavy atom. The van der Waals surface area contributed by atoms with E-state index in [1.807, 2.05) is 0 Å². The smallest absolute Gasteiger partial charge is 0.0850 e. The van der Waals surface area contributed by atoms with Gasteiger partial charge in [0.1, 0.15) is 0 Å². The summed E-state index contributed by atoms with van der Waals surface area (Å²) < 4.78 is 23.0. The van der Waals surface area contributed by atoms with Crippen LogP contribution < -0.4 is 0 Å². The van der Waals surface area contributed by atoms with Gasteiger partial charge >= 0.3 is 0 Å². The lowest BCUT2D eigenvalue weighted by Gasteiger charge is -2.37. The fourth-order valence-corrected chi connectivity index (χ4v) is 5.85. The maximum atomic E-state index is 5.79. The fraction of sp³-hybridized carbons (Fsp3) is 0.586. The van der Waals surface area contributed by atoms with E-state index in [0.717, 1.165) is 65.0 Å². The van der Waals surface area contributed by atoms with Crippen molar-refractivity contribution in [3.8, 4) is 0 Å². The van der Waals surface area contributed by atoms with E-state index in [0.29, 0.717) is 24.4 Å². The Morgan fingerprint density at radius 2 is 1.15 bits per heavy atom. The van der Waals surface area contributed by atoms with E-state index in [4.69, 9.17) is 18.9 Å². The van der Waals surface area contributed by atoms with Gasteiger partial charge in [0.25, 0.3) is 0 Å². The summed E-state index contributed by atoms with van der Waals surface area (Å²) in [4.78, 5) is 0. The van der Waals surface area contributed by atoms with Crippen LogP contribution in [0.3, 0.4) is 0 Å². The minimum absolute atomic E-state index is 0.00158. The van der Waals surface area contributed by atoms with E-state index in [2.05, 4.69) is 50.2 Å². The zero-order chi connectivity index (χ0) is 22.4. The van der Waals surface area contributed by atoms with E-state index in [1.54, 1.807) is 0 Å². The molecule has 0 aromatic heterocycles. The van der Waals surface area contributed by atoms with Crippen molar-refractivity contribution in [2.24, 2.45) is 0 Å². The molecule has 176 valence electrons. The first-order valence-corrected chi connectivity index (χ1v) is 12.9. The van der Waals surface area contributed by atoms with Gasteiger partial charge in [-0.2, -0.15) is 0 Å².